The number of halogens is 1. The van der Waals surface area contributed by atoms with Gasteiger partial charge in [0.1, 0.15) is 0 Å². The van der Waals surface area contributed by atoms with Crippen LogP contribution in [-0.2, 0) is 19.2 Å². The van der Waals surface area contributed by atoms with Crippen LogP contribution in [0.2, 0.25) is 5.02 Å². The summed E-state index contributed by atoms with van der Waals surface area (Å²) in [6, 6.07) is 4.96. The van der Waals surface area contributed by atoms with E-state index in [2.05, 4.69) is 15.8 Å². The summed E-state index contributed by atoms with van der Waals surface area (Å²) in [5, 5.41) is 6.74. The molecule has 28 heavy (non-hydrogen) atoms. The van der Waals surface area contributed by atoms with E-state index in [-0.39, 0.29) is 12.3 Å². The van der Waals surface area contributed by atoms with Gasteiger partial charge in [-0.05, 0) is 31.5 Å². The number of anilines is 1. The molecule has 1 saturated heterocycles. The minimum Gasteiger partial charge on any atom is -0.342 e. The van der Waals surface area contributed by atoms with E-state index in [9.17, 15) is 19.2 Å². The third-order valence-corrected chi connectivity index (χ3v) is 4.70. The van der Waals surface area contributed by atoms with Crippen LogP contribution in [-0.4, -0.2) is 65.8 Å². The molecule has 0 atom stereocenters. The Morgan fingerprint density at radius 3 is 2.50 bits per heavy atom. The highest BCUT2D eigenvalue weighted by atomic mass is 35.5. The van der Waals surface area contributed by atoms with Gasteiger partial charge in [-0.1, -0.05) is 17.7 Å². The summed E-state index contributed by atoms with van der Waals surface area (Å²) in [5.41, 5.74) is 3.58. The zero-order valence-electron chi connectivity index (χ0n) is 15.7. The van der Waals surface area contributed by atoms with Crippen molar-refractivity contribution in [3.05, 3.63) is 28.8 Å². The van der Waals surface area contributed by atoms with Crippen molar-refractivity contribution in [2.75, 3.05) is 31.5 Å². The molecule has 1 aliphatic rings. The molecule has 150 valence electrons. The van der Waals surface area contributed by atoms with Gasteiger partial charge in [0, 0.05) is 42.6 Å². The van der Waals surface area contributed by atoms with Crippen molar-refractivity contribution >= 4 is 47.1 Å². The summed E-state index contributed by atoms with van der Waals surface area (Å²) in [6.07, 6.45) is 0.774. The number of nitrogens with zero attached hydrogens (tertiary/aromatic N) is 3. The van der Waals surface area contributed by atoms with Gasteiger partial charge in [-0.25, -0.2) is 5.43 Å². The predicted octanol–water partition coefficient (Wildman–Crippen LogP) is 0.770. The molecule has 1 fully saturated rings. The number of benzene rings is 1. The molecule has 1 aromatic carbocycles. The lowest BCUT2D eigenvalue weighted by Crippen LogP contribution is -2.48. The van der Waals surface area contributed by atoms with Crippen molar-refractivity contribution in [2.45, 2.75) is 20.3 Å². The Bertz CT molecular complexity index is 803. The van der Waals surface area contributed by atoms with Crippen LogP contribution in [0.15, 0.2) is 23.3 Å². The standard InChI is InChI=1S/C18H22ClN5O4/c1-12(10-16(26)24-8-6-23(11-25)7-9-24)21-22-18(28)17(27)20-15-5-3-4-14(19)13(15)2/h3-5,11H,6-10H2,1-2H3,(H,20,27)(H,22,28)/b21-12-. The Morgan fingerprint density at radius 1 is 1.18 bits per heavy atom. The van der Waals surface area contributed by atoms with Crippen molar-refractivity contribution in [3.63, 3.8) is 0 Å². The van der Waals surface area contributed by atoms with E-state index < -0.39 is 11.8 Å². The number of amides is 4. The fraction of sp³-hybridized carbons (Fsp3) is 0.389. The topological polar surface area (TPSA) is 111 Å². The summed E-state index contributed by atoms with van der Waals surface area (Å²) in [6.45, 7) is 5.20. The average Bonchev–Trinajstić information content (AvgIpc) is 2.69. The smallest absolute Gasteiger partial charge is 0.329 e. The number of carbonyl (C=O) groups excluding carboxylic acids is 4. The first-order valence-corrected chi connectivity index (χ1v) is 9.06. The zero-order valence-corrected chi connectivity index (χ0v) is 16.5. The Hall–Kier alpha value is -2.94. The number of nitrogens with one attached hydrogen (secondary N) is 2. The Morgan fingerprint density at radius 2 is 1.86 bits per heavy atom. The Labute approximate surface area is 167 Å². The van der Waals surface area contributed by atoms with Crippen LogP contribution in [0.5, 0.6) is 0 Å². The van der Waals surface area contributed by atoms with Gasteiger partial charge in [0.15, 0.2) is 0 Å². The Kier molecular flexibility index (Phi) is 7.51. The average molecular weight is 408 g/mol. The minimum atomic E-state index is -0.953. The predicted molar refractivity (Wildman–Crippen MR) is 105 cm³/mol. The molecule has 1 aliphatic heterocycles. The second-order valence-electron chi connectivity index (χ2n) is 6.35. The van der Waals surface area contributed by atoms with E-state index in [1.54, 1.807) is 41.8 Å². The number of hydrogen-bond acceptors (Lipinski definition) is 5. The van der Waals surface area contributed by atoms with Gasteiger partial charge in [-0.15, -0.1) is 0 Å². The van der Waals surface area contributed by atoms with Gasteiger partial charge in [-0.3, -0.25) is 19.2 Å². The van der Waals surface area contributed by atoms with E-state index in [4.69, 9.17) is 11.6 Å². The van der Waals surface area contributed by atoms with Crippen molar-refractivity contribution in [3.8, 4) is 0 Å². The molecule has 1 aromatic rings. The van der Waals surface area contributed by atoms with Gasteiger partial charge in [-0.2, -0.15) is 5.10 Å². The van der Waals surface area contributed by atoms with Crippen LogP contribution < -0.4 is 10.7 Å². The molecule has 0 radical (unpaired) electrons. The Balaban J connectivity index is 1.83. The SMILES string of the molecule is C/C(CC(=O)N1CCN(C=O)CC1)=N/NC(=O)C(=O)Nc1cccc(Cl)c1C. The van der Waals surface area contributed by atoms with E-state index in [1.165, 1.54) is 0 Å². The first-order chi connectivity index (χ1) is 13.3. The minimum absolute atomic E-state index is 0.0103. The monoisotopic (exact) mass is 407 g/mol. The number of rotatable bonds is 5. The lowest BCUT2D eigenvalue weighted by Gasteiger charge is -2.32. The lowest BCUT2D eigenvalue weighted by molar-refractivity contribution is -0.136. The largest absolute Gasteiger partial charge is 0.342 e. The number of carbonyl (C=O) groups is 4. The van der Waals surface area contributed by atoms with Crippen molar-refractivity contribution in [1.29, 1.82) is 0 Å². The summed E-state index contributed by atoms with van der Waals surface area (Å²) in [5.74, 6) is -2.00. The van der Waals surface area contributed by atoms with Crippen LogP contribution in [0.1, 0.15) is 18.9 Å². The molecule has 0 unspecified atom stereocenters. The lowest BCUT2D eigenvalue weighted by atomic mass is 10.2. The first-order valence-electron chi connectivity index (χ1n) is 8.68. The molecule has 0 aliphatic carbocycles. The second kappa shape index (κ2) is 9.84. The van der Waals surface area contributed by atoms with Gasteiger partial charge in [0.25, 0.3) is 0 Å². The van der Waals surface area contributed by atoms with Crippen LogP contribution in [0.25, 0.3) is 0 Å². The molecule has 2 rings (SSSR count). The first kappa shape index (κ1) is 21.4. The summed E-state index contributed by atoms with van der Waals surface area (Å²) >= 11 is 5.98. The van der Waals surface area contributed by atoms with Crippen molar-refractivity contribution in [1.82, 2.24) is 15.2 Å². The molecule has 9 nitrogen and oxygen atoms in total. The summed E-state index contributed by atoms with van der Waals surface area (Å²) in [4.78, 5) is 50.0. The second-order valence-corrected chi connectivity index (χ2v) is 6.76. The fourth-order valence-corrected chi connectivity index (χ4v) is 2.74. The van der Waals surface area contributed by atoms with Crippen LogP contribution in [0, 0.1) is 6.92 Å². The summed E-state index contributed by atoms with van der Waals surface area (Å²) in [7, 11) is 0. The normalized spacial score (nSPS) is 14.5. The quantitative estimate of drug-likeness (QED) is 0.325. The number of piperazine rings is 1. The highest BCUT2D eigenvalue weighted by molar-refractivity contribution is 6.40. The molecule has 0 bridgehead atoms. The van der Waals surface area contributed by atoms with Gasteiger partial charge in [0.05, 0.1) is 6.42 Å². The zero-order chi connectivity index (χ0) is 20.7. The van der Waals surface area contributed by atoms with E-state index >= 15 is 0 Å². The van der Waals surface area contributed by atoms with Crippen LogP contribution in [0.3, 0.4) is 0 Å². The van der Waals surface area contributed by atoms with Crippen molar-refractivity contribution in [2.24, 2.45) is 5.10 Å². The van der Waals surface area contributed by atoms with Gasteiger partial charge in [0.2, 0.25) is 12.3 Å². The van der Waals surface area contributed by atoms with Crippen LogP contribution in [0.4, 0.5) is 5.69 Å². The maximum Gasteiger partial charge on any atom is 0.329 e. The third kappa shape index (κ3) is 5.78. The maximum atomic E-state index is 12.2. The fourth-order valence-electron chi connectivity index (χ4n) is 2.57. The molecule has 0 aromatic heterocycles. The number of hydrogen-bond donors (Lipinski definition) is 2. The number of hydrazone groups is 1. The molecule has 0 saturated carbocycles. The van der Waals surface area contributed by atoms with Gasteiger partial charge < -0.3 is 15.1 Å². The molecular weight excluding hydrogens is 386 g/mol. The molecule has 1 heterocycles. The highest BCUT2D eigenvalue weighted by Crippen LogP contribution is 2.22. The van der Waals surface area contributed by atoms with Gasteiger partial charge >= 0.3 is 11.8 Å². The summed E-state index contributed by atoms with van der Waals surface area (Å²) < 4.78 is 0. The van der Waals surface area contributed by atoms with Crippen LogP contribution >= 0.6 is 11.6 Å². The van der Waals surface area contributed by atoms with E-state index in [1.807, 2.05) is 0 Å². The van der Waals surface area contributed by atoms with E-state index in [0.29, 0.717) is 48.2 Å². The molecule has 10 heteroatoms. The third-order valence-electron chi connectivity index (χ3n) is 4.29. The molecule has 2 N–H and O–H groups in total. The molecule has 0 spiro atoms. The molecule has 4 amide bonds. The molecular formula is C18H22ClN5O4. The van der Waals surface area contributed by atoms with E-state index in [0.717, 1.165) is 6.41 Å². The maximum absolute atomic E-state index is 12.2. The van der Waals surface area contributed by atoms with Crippen molar-refractivity contribution < 1.29 is 19.2 Å². The highest BCUT2D eigenvalue weighted by Gasteiger charge is 2.21.